The van der Waals surface area contributed by atoms with E-state index >= 15 is 0 Å². The van der Waals surface area contributed by atoms with Crippen LogP contribution in [0.4, 0.5) is 0 Å². The molecule has 2 heterocycles. The molecular weight excluding hydrogens is 426 g/mol. The van der Waals surface area contributed by atoms with E-state index < -0.39 is 0 Å². The molecule has 8 heteroatoms. The standard InChI is InChI=1S/C24H33N3O4S/c1-17(2)11-26-12-21(31-15-19-6-5-7-20(10-19)30-4)13-27(14-24(26)29)23(28)9-8-22-18(3)25-16-32-22/h5-7,10,16-17,21H,8-9,11-15H2,1-4H3/t21-/m0/s1. The van der Waals surface area contributed by atoms with Gasteiger partial charge in [-0.05, 0) is 37.0 Å². The van der Waals surface area contributed by atoms with Crippen molar-refractivity contribution in [3.63, 3.8) is 0 Å². The SMILES string of the molecule is COc1cccc(CO[C@@H]2CN(C(=O)CCc3scnc3C)CC(=O)N(CC(C)C)C2)c1. The van der Waals surface area contributed by atoms with Crippen molar-refractivity contribution < 1.29 is 19.1 Å². The van der Waals surface area contributed by atoms with E-state index in [-0.39, 0.29) is 24.5 Å². The highest BCUT2D eigenvalue weighted by atomic mass is 32.1. The zero-order chi connectivity index (χ0) is 23.1. The number of aryl methyl sites for hydroxylation is 2. The van der Waals surface area contributed by atoms with Gasteiger partial charge in [-0.25, -0.2) is 4.98 Å². The van der Waals surface area contributed by atoms with Crippen LogP contribution in [-0.4, -0.2) is 66.0 Å². The maximum Gasteiger partial charge on any atom is 0.242 e. The van der Waals surface area contributed by atoms with Crippen molar-refractivity contribution in [1.29, 1.82) is 0 Å². The third-order valence-corrected chi connectivity index (χ3v) is 6.49. The minimum Gasteiger partial charge on any atom is -0.497 e. The van der Waals surface area contributed by atoms with Crippen molar-refractivity contribution in [2.75, 3.05) is 33.3 Å². The third kappa shape index (κ3) is 6.77. The number of ether oxygens (including phenoxy) is 2. The van der Waals surface area contributed by atoms with E-state index in [9.17, 15) is 9.59 Å². The summed E-state index contributed by atoms with van der Waals surface area (Å²) in [7, 11) is 1.64. The van der Waals surface area contributed by atoms with Crippen LogP contribution in [0.2, 0.25) is 0 Å². The number of carbonyl (C=O) groups excluding carboxylic acids is 2. The summed E-state index contributed by atoms with van der Waals surface area (Å²) in [5.74, 6) is 1.08. The first kappa shape index (κ1) is 24.2. The maximum atomic E-state index is 13.0. The van der Waals surface area contributed by atoms with Crippen LogP contribution in [0.25, 0.3) is 0 Å². The van der Waals surface area contributed by atoms with E-state index in [1.54, 1.807) is 28.9 Å². The predicted molar refractivity (Wildman–Crippen MR) is 125 cm³/mol. The molecule has 2 amide bonds. The molecule has 3 rings (SSSR count). The molecule has 0 bridgehead atoms. The van der Waals surface area contributed by atoms with E-state index in [1.165, 1.54) is 0 Å². The second-order valence-corrected chi connectivity index (χ2v) is 9.55. The molecule has 0 saturated carbocycles. The van der Waals surface area contributed by atoms with E-state index in [0.29, 0.717) is 45.0 Å². The minimum atomic E-state index is -0.250. The molecule has 174 valence electrons. The first-order valence-electron chi connectivity index (χ1n) is 11.0. The molecule has 1 aromatic heterocycles. The molecule has 1 saturated heterocycles. The summed E-state index contributed by atoms with van der Waals surface area (Å²) in [6, 6.07) is 7.74. The van der Waals surface area contributed by atoms with Gasteiger partial charge in [0.1, 0.15) is 5.75 Å². The molecule has 0 unspecified atom stereocenters. The molecule has 7 nitrogen and oxygen atoms in total. The first-order valence-corrected chi connectivity index (χ1v) is 11.9. The van der Waals surface area contributed by atoms with Crippen molar-refractivity contribution >= 4 is 23.2 Å². The number of methoxy groups -OCH3 is 1. The predicted octanol–water partition coefficient (Wildman–Crippen LogP) is 3.30. The Balaban J connectivity index is 1.67. The number of thiazole rings is 1. The minimum absolute atomic E-state index is 0.0199. The summed E-state index contributed by atoms with van der Waals surface area (Å²) < 4.78 is 11.5. The molecule has 0 aliphatic carbocycles. The van der Waals surface area contributed by atoms with Crippen LogP contribution in [-0.2, 0) is 27.4 Å². The number of amides is 2. The van der Waals surface area contributed by atoms with Gasteiger partial charge < -0.3 is 19.3 Å². The Hall–Kier alpha value is -2.45. The monoisotopic (exact) mass is 459 g/mol. The Kier molecular flexibility index (Phi) is 8.64. The van der Waals surface area contributed by atoms with Gasteiger partial charge in [0, 0.05) is 30.9 Å². The number of benzene rings is 1. The Bertz CT molecular complexity index is 914. The highest BCUT2D eigenvalue weighted by Crippen LogP contribution is 2.18. The van der Waals surface area contributed by atoms with Gasteiger partial charge in [0.15, 0.2) is 0 Å². The number of aromatic nitrogens is 1. The van der Waals surface area contributed by atoms with E-state index in [2.05, 4.69) is 18.8 Å². The molecule has 1 aliphatic heterocycles. The zero-order valence-corrected chi connectivity index (χ0v) is 20.2. The van der Waals surface area contributed by atoms with Gasteiger partial charge in [0.25, 0.3) is 0 Å². The van der Waals surface area contributed by atoms with Crippen LogP contribution >= 0.6 is 11.3 Å². The average molecular weight is 460 g/mol. The van der Waals surface area contributed by atoms with Crippen LogP contribution < -0.4 is 4.74 Å². The molecule has 0 spiro atoms. The molecule has 2 aromatic rings. The number of hydrogen-bond donors (Lipinski definition) is 0. The third-order valence-electron chi connectivity index (χ3n) is 5.50. The lowest BCUT2D eigenvalue weighted by molar-refractivity contribution is -0.139. The highest BCUT2D eigenvalue weighted by Gasteiger charge is 2.31. The fourth-order valence-electron chi connectivity index (χ4n) is 3.81. The number of carbonyl (C=O) groups is 2. The lowest BCUT2D eigenvalue weighted by Gasteiger charge is -2.26. The summed E-state index contributed by atoms with van der Waals surface area (Å²) in [4.78, 5) is 34.8. The largest absolute Gasteiger partial charge is 0.497 e. The van der Waals surface area contributed by atoms with Gasteiger partial charge >= 0.3 is 0 Å². The van der Waals surface area contributed by atoms with Crippen molar-refractivity contribution in [2.24, 2.45) is 5.92 Å². The number of nitrogens with zero attached hydrogens (tertiary/aromatic N) is 3. The summed E-state index contributed by atoms with van der Waals surface area (Å²) >= 11 is 1.57. The highest BCUT2D eigenvalue weighted by molar-refractivity contribution is 7.09. The Morgan fingerprint density at radius 3 is 2.81 bits per heavy atom. The summed E-state index contributed by atoms with van der Waals surface area (Å²) in [6.07, 6.45) is 0.759. The molecule has 0 radical (unpaired) electrons. The fourth-order valence-corrected chi connectivity index (χ4v) is 4.59. The zero-order valence-electron chi connectivity index (χ0n) is 19.4. The van der Waals surface area contributed by atoms with Crippen molar-refractivity contribution in [3.05, 3.63) is 45.9 Å². The van der Waals surface area contributed by atoms with Crippen molar-refractivity contribution in [3.8, 4) is 5.75 Å². The Labute approximate surface area is 194 Å². The number of rotatable bonds is 9. The van der Waals surface area contributed by atoms with Crippen LogP contribution in [0.5, 0.6) is 5.75 Å². The smallest absolute Gasteiger partial charge is 0.242 e. The Morgan fingerprint density at radius 2 is 2.12 bits per heavy atom. The summed E-state index contributed by atoms with van der Waals surface area (Å²) in [5.41, 5.74) is 3.77. The second-order valence-electron chi connectivity index (χ2n) is 8.61. The van der Waals surface area contributed by atoms with Crippen LogP contribution in [0.3, 0.4) is 0 Å². The summed E-state index contributed by atoms with van der Waals surface area (Å²) in [6.45, 7) is 8.18. The quantitative estimate of drug-likeness (QED) is 0.575. The Morgan fingerprint density at radius 1 is 1.31 bits per heavy atom. The van der Waals surface area contributed by atoms with E-state index in [1.807, 2.05) is 36.1 Å². The van der Waals surface area contributed by atoms with E-state index in [0.717, 1.165) is 21.9 Å². The first-order chi connectivity index (χ1) is 15.4. The lowest BCUT2D eigenvalue weighted by Crippen LogP contribution is -2.40. The topological polar surface area (TPSA) is 72.0 Å². The fraction of sp³-hybridized carbons (Fsp3) is 0.542. The van der Waals surface area contributed by atoms with Gasteiger partial charge in [-0.2, -0.15) is 0 Å². The van der Waals surface area contributed by atoms with Gasteiger partial charge in [-0.3, -0.25) is 9.59 Å². The summed E-state index contributed by atoms with van der Waals surface area (Å²) in [5, 5.41) is 0. The molecule has 1 aromatic carbocycles. The molecular formula is C24H33N3O4S. The van der Waals surface area contributed by atoms with Gasteiger partial charge in [-0.1, -0.05) is 26.0 Å². The van der Waals surface area contributed by atoms with Gasteiger partial charge in [0.2, 0.25) is 11.8 Å². The van der Waals surface area contributed by atoms with Crippen LogP contribution in [0.1, 0.15) is 36.4 Å². The molecule has 1 fully saturated rings. The maximum absolute atomic E-state index is 13.0. The molecule has 32 heavy (non-hydrogen) atoms. The van der Waals surface area contributed by atoms with Gasteiger partial charge in [0.05, 0.1) is 37.6 Å². The second kappa shape index (κ2) is 11.4. The molecule has 1 aliphatic rings. The van der Waals surface area contributed by atoms with Gasteiger partial charge in [-0.15, -0.1) is 11.3 Å². The molecule has 0 N–H and O–H groups in total. The lowest BCUT2D eigenvalue weighted by atomic mass is 10.2. The normalized spacial score (nSPS) is 17.0. The van der Waals surface area contributed by atoms with Crippen LogP contribution in [0.15, 0.2) is 29.8 Å². The molecule has 1 atom stereocenters. The van der Waals surface area contributed by atoms with E-state index in [4.69, 9.17) is 9.47 Å². The average Bonchev–Trinajstić information content (AvgIpc) is 3.11. The number of hydrogen-bond acceptors (Lipinski definition) is 6. The van der Waals surface area contributed by atoms with Crippen molar-refractivity contribution in [1.82, 2.24) is 14.8 Å². The van der Waals surface area contributed by atoms with Crippen molar-refractivity contribution in [2.45, 2.75) is 46.3 Å². The van der Waals surface area contributed by atoms with Crippen LogP contribution in [0, 0.1) is 12.8 Å².